The molecule has 2 heterocycles. The summed E-state index contributed by atoms with van der Waals surface area (Å²) in [5.41, 5.74) is 3.50. The average molecular weight is 557 g/mol. The van der Waals surface area contributed by atoms with E-state index >= 15 is 0 Å². The molecule has 0 bridgehead atoms. The SMILES string of the molecule is O=C1C(c2ccc(O)cc2)=c2c(c(-c3ccc(O)cc3)c(O)c3c2=c2cccc(O)c2=N3)N1CCc1ccc(O)cc1. The Kier molecular flexibility index (Phi) is 5.65. The average Bonchev–Trinajstić information content (AvgIpc) is 3.51. The summed E-state index contributed by atoms with van der Waals surface area (Å²) < 4.78 is 0. The van der Waals surface area contributed by atoms with Crippen LogP contribution in [0.5, 0.6) is 28.7 Å². The third kappa shape index (κ3) is 3.84. The lowest BCUT2D eigenvalue weighted by molar-refractivity contribution is -0.113. The highest BCUT2D eigenvalue weighted by molar-refractivity contribution is 6.31. The molecule has 2 aliphatic heterocycles. The van der Waals surface area contributed by atoms with Crippen molar-refractivity contribution >= 4 is 22.9 Å². The van der Waals surface area contributed by atoms with Crippen molar-refractivity contribution in [3.05, 3.63) is 123 Å². The lowest BCUT2D eigenvalue weighted by Gasteiger charge is -2.23. The summed E-state index contributed by atoms with van der Waals surface area (Å²) in [4.78, 5) is 20.7. The zero-order chi connectivity index (χ0) is 29.1. The van der Waals surface area contributed by atoms with Crippen molar-refractivity contribution in [2.75, 3.05) is 11.4 Å². The van der Waals surface area contributed by atoms with Gasteiger partial charge in [-0.05, 0) is 65.6 Å². The van der Waals surface area contributed by atoms with E-state index in [0.717, 1.165) is 5.56 Å². The van der Waals surface area contributed by atoms with Gasteiger partial charge in [-0.15, -0.1) is 0 Å². The fourth-order valence-electron chi connectivity index (χ4n) is 5.82. The molecular formula is C34H24N2O6. The van der Waals surface area contributed by atoms with Gasteiger partial charge >= 0.3 is 0 Å². The van der Waals surface area contributed by atoms with Crippen LogP contribution in [0.1, 0.15) is 11.1 Å². The van der Waals surface area contributed by atoms with Gasteiger partial charge in [0.05, 0.1) is 16.8 Å². The maximum absolute atomic E-state index is 14.4. The molecule has 0 unspecified atom stereocenters. The van der Waals surface area contributed by atoms with E-state index in [4.69, 9.17) is 0 Å². The fourth-order valence-corrected chi connectivity index (χ4v) is 5.82. The number of phenolic OH excluding ortho intramolecular Hbond substituents is 5. The van der Waals surface area contributed by atoms with Crippen molar-refractivity contribution in [3.63, 3.8) is 0 Å². The molecule has 0 aromatic heterocycles. The standard InChI is InChI=1S/C34H24N2O6/c37-21-10-4-18(5-11-21)16-17-36-32-27(20-8-14-23(39)15-9-20)33(41)31-28(24-2-1-3-25(40)30(24)35-31)29(32)26(34(36)42)19-6-12-22(38)13-7-19/h1-15,37-41H,16-17H2. The second-order valence-corrected chi connectivity index (χ2v) is 10.3. The summed E-state index contributed by atoms with van der Waals surface area (Å²) in [6, 6.07) is 24.5. The molecule has 0 aliphatic carbocycles. The second kappa shape index (κ2) is 9.42. The quantitative estimate of drug-likeness (QED) is 0.216. The van der Waals surface area contributed by atoms with Gasteiger partial charge in [0, 0.05) is 22.2 Å². The Balaban J connectivity index is 1.61. The minimum absolute atomic E-state index is 0.0506. The van der Waals surface area contributed by atoms with Crippen molar-refractivity contribution in [1.82, 2.24) is 0 Å². The normalized spacial score (nSPS) is 13.1. The summed E-state index contributed by atoms with van der Waals surface area (Å²) in [6.45, 7) is 0.255. The summed E-state index contributed by atoms with van der Waals surface area (Å²) in [7, 11) is 0. The van der Waals surface area contributed by atoms with Crippen LogP contribution in [0.25, 0.3) is 16.7 Å². The third-order valence-electron chi connectivity index (χ3n) is 7.78. The maximum Gasteiger partial charge on any atom is 0.259 e. The smallest absolute Gasteiger partial charge is 0.259 e. The first kappa shape index (κ1) is 25.2. The monoisotopic (exact) mass is 556 g/mol. The van der Waals surface area contributed by atoms with Crippen molar-refractivity contribution in [3.8, 4) is 39.9 Å². The minimum Gasteiger partial charge on any atom is -0.508 e. The van der Waals surface area contributed by atoms with Crippen LogP contribution in [-0.2, 0) is 11.2 Å². The van der Waals surface area contributed by atoms with Gasteiger partial charge in [0.25, 0.3) is 5.91 Å². The Morgan fingerprint density at radius 1 is 0.667 bits per heavy atom. The van der Waals surface area contributed by atoms with Crippen LogP contribution in [0.4, 0.5) is 11.4 Å². The highest BCUT2D eigenvalue weighted by Gasteiger charge is 2.36. The van der Waals surface area contributed by atoms with Crippen molar-refractivity contribution in [2.45, 2.75) is 6.42 Å². The Morgan fingerprint density at radius 2 is 1.26 bits per heavy atom. The molecule has 0 spiro atoms. The number of fused-ring (bicyclic) bond motifs is 4. The number of amides is 1. The van der Waals surface area contributed by atoms with Gasteiger partial charge < -0.3 is 30.4 Å². The van der Waals surface area contributed by atoms with Crippen LogP contribution in [0.2, 0.25) is 0 Å². The highest BCUT2D eigenvalue weighted by atomic mass is 16.3. The number of carbonyl (C=O) groups is 1. The van der Waals surface area contributed by atoms with Crippen LogP contribution >= 0.6 is 0 Å². The molecule has 42 heavy (non-hydrogen) atoms. The number of para-hydroxylation sites is 1. The predicted octanol–water partition coefficient (Wildman–Crippen LogP) is 4.22. The number of aromatic hydroxyl groups is 5. The van der Waals surface area contributed by atoms with Gasteiger partial charge in [-0.2, -0.15) is 0 Å². The molecule has 0 saturated heterocycles. The van der Waals surface area contributed by atoms with E-state index in [2.05, 4.69) is 4.99 Å². The van der Waals surface area contributed by atoms with Crippen molar-refractivity contribution in [1.29, 1.82) is 0 Å². The number of hydrogen-bond donors (Lipinski definition) is 5. The largest absolute Gasteiger partial charge is 0.508 e. The number of anilines is 1. The Labute approximate surface area is 239 Å². The second-order valence-electron chi connectivity index (χ2n) is 10.3. The molecule has 8 nitrogen and oxygen atoms in total. The van der Waals surface area contributed by atoms with Gasteiger partial charge in [0.15, 0.2) is 5.75 Å². The van der Waals surface area contributed by atoms with Gasteiger partial charge in [-0.25, -0.2) is 4.99 Å². The van der Waals surface area contributed by atoms with Crippen molar-refractivity contribution < 1.29 is 30.3 Å². The summed E-state index contributed by atoms with van der Waals surface area (Å²) in [5, 5.41) is 54.2. The van der Waals surface area contributed by atoms with E-state index in [9.17, 15) is 30.3 Å². The molecular weight excluding hydrogens is 532 g/mol. The van der Waals surface area contributed by atoms with Crippen molar-refractivity contribution in [2.24, 2.45) is 4.99 Å². The topological polar surface area (TPSA) is 134 Å². The van der Waals surface area contributed by atoms with Gasteiger partial charge in [-0.3, -0.25) is 4.79 Å². The molecule has 5 N–H and O–H groups in total. The number of nitrogens with zero attached hydrogens (tertiary/aromatic N) is 2. The summed E-state index contributed by atoms with van der Waals surface area (Å²) in [5.74, 6) is -0.252. The fraction of sp³-hybridized carbons (Fsp3) is 0.0588. The molecule has 0 radical (unpaired) electrons. The van der Waals surface area contributed by atoms with Gasteiger partial charge in [0.2, 0.25) is 0 Å². The number of phenols is 5. The number of benzene rings is 5. The molecule has 0 atom stereocenters. The first-order valence-corrected chi connectivity index (χ1v) is 13.3. The van der Waals surface area contributed by atoms with E-state index in [1.165, 1.54) is 30.3 Å². The predicted molar refractivity (Wildman–Crippen MR) is 156 cm³/mol. The summed E-state index contributed by atoms with van der Waals surface area (Å²) in [6.07, 6.45) is 0.461. The number of rotatable bonds is 5. The molecule has 5 aromatic rings. The molecule has 7 rings (SSSR count). The molecule has 0 saturated carbocycles. The Hall–Kier alpha value is -5.76. The molecule has 0 fully saturated rings. The molecule has 2 aliphatic rings. The number of carbonyl (C=O) groups excluding carboxylic acids is 1. The zero-order valence-electron chi connectivity index (χ0n) is 22.1. The van der Waals surface area contributed by atoms with Crippen LogP contribution in [0.15, 0.2) is 96.0 Å². The van der Waals surface area contributed by atoms with E-state index in [-0.39, 0.29) is 46.9 Å². The first-order valence-electron chi connectivity index (χ1n) is 13.3. The lowest BCUT2D eigenvalue weighted by Crippen LogP contribution is -2.31. The van der Waals surface area contributed by atoms with Crippen LogP contribution in [0.3, 0.4) is 0 Å². The Morgan fingerprint density at radius 3 is 1.90 bits per heavy atom. The summed E-state index contributed by atoms with van der Waals surface area (Å²) >= 11 is 0. The van der Waals surface area contributed by atoms with E-state index in [1.807, 2.05) is 0 Å². The third-order valence-corrected chi connectivity index (χ3v) is 7.78. The highest BCUT2D eigenvalue weighted by Crippen LogP contribution is 2.46. The number of hydrogen-bond acceptors (Lipinski definition) is 7. The molecule has 206 valence electrons. The lowest BCUT2D eigenvalue weighted by atomic mass is 9.95. The van der Waals surface area contributed by atoms with E-state index in [0.29, 0.717) is 55.4 Å². The van der Waals surface area contributed by atoms with Crippen LogP contribution in [-0.4, -0.2) is 38.0 Å². The Bertz CT molecular complexity index is 2140. The van der Waals surface area contributed by atoms with Gasteiger partial charge in [-0.1, -0.05) is 48.5 Å². The van der Waals surface area contributed by atoms with E-state index in [1.54, 1.807) is 65.6 Å². The maximum atomic E-state index is 14.4. The van der Waals surface area contributed by atoms with Gasteiger partial charge in [0.1, 0.15) is 34.0 Å². The molecule has 8 heteroatoms. The molecule has 1 amide bonds. The van der Waals surface area contributed by atoms with Crippen LogP contribution < -0.4 is 15.5 Å². The van der Waals surface area contributed by atoms with Crippen LogP contribution in [0, 0.1) is 10.4 Å². The first-order chi connectivity index (χ1) is 20.3. The zero-order valence-corrected chi connectivity index (χ0v) is 22.1. The van der Waals surface area contributed by atoms with E-state index < -0.39 is 0 Å². The minimum atomic E-state index is -0.295. The molecule has 5 aromatic carbocycles.